The smallest absolute Gasteiger partial charge is 0.306 e. The molecule has 0 heterocycles. The first-order valence-electron chi connectivity index (χ1n) is 24.7. The summed E-state index contributed by atoms with van der Waals surface area (Å²) < 4.78 is 11.5. The zero-order chi connectivity index (χ0) is 42.3. The fourth-order valence-corrected chi connectivity index (χ4v) is 7.87. The van der Waals surface area contributed by atoms with Gasteiger partial charge in [0.2, 0.25) is 0 Å². The molecule has 1 aromatic carbocycles. The van der Waals surface area contributed by atoms with Gasteiger partial charge in [0.05, 0.1) is 6.61 Å². The van der Waals surface area contributed by atoms with Gasteiger partial charge in [0.25, 0.3) is 10.9 Å². The largest absolute Gasteiger partial charge is 0.466 e. The fraction of sp³-hybridized carbons (Fsp3) is 0.878. The van der Waals surface area contributed by atoms with Crippen molar-refractivity contribution in [3.05, 3.63) is 20.4 Å². The minimum Gasteiger partial charge on any atom is -0.466 e. The molecule has 0 atom stereocenters. The van der Waals surface area contributed by atoms with Crippen LogP contribution < -0.4 is 21.5 Å². The molecule has 0 unspecified atom stereocenters. The lowest BCUT2D eigenvalue weighted by Crippen LogP contribution is -2.37. The lowest BCUT2D eigenvalue weighted by Gasteiger charge is -2.23. The molecular formula is C49H91N3O6. The van der Waals surface area contributed by atoms with Crippen LogP contribution in [0, 0.1) is 0 Å². The Labute approximate surface area is 356 Å². The molecule has 0 saturated heterocycles. The Balaban J connectivity index is 2.43. The number of hydrogen-bond donors (Lipinski definition) is 2. The Hall–Kier alpha value is -2.42. The van der Waals surface area contributed by atoms with Crippen molar-refractivity contribution in [2.45, 2.75) is 239 Å². The number of rotatable bonds is 44. The molecule has 1 rings (SSSR count). The van der Waals surface area contributed by atoms with Crippen molar-refractivity contribution in [2.75, 3.05) is 50.5 Å². The third-order valence-corrected chi connectivity index (χ3v) is 11.6. The molecule has 0 saturated carbocycles. The van der Waals surface area contributed by atoms with Gasteiger partial charge in [0, 0.05) is 26.4 Å². The van der Waals surface area contributed by atoms with Gasteiger partial charge in [-0.05, 0) is 83.8 Å². The molecule has 0 aliphatic rings. The normalized spacial score (nSPS) is 11.6. The highest BCUT2D eigenvalue weighted by Gasteiger charge is 2.19. The second-order valence-corrected chi connectivity index (χ2v) is 17.0. The van der Waals surface area contributed by atoms with Crippen LogP contribution in [-0.2, 0) is 19.1 Å². The molecule has 2 N–H and O–H groups in total. The Bertz CT molecular complexity index is 1160. The molecule has 9 nitrogen and oxygen atoms in total. The number of carbonyl (C=O) groups is 2. The number of esters is 2. The van der Waals surface area contributed by atoms with E-state index in [1.165, 1.54) is 116 Å². The monoisotopic (exact) mass is 818 g/mol. The average Bonchev–Trinajstić information content (AvgIpc) is 3.22. The van der Waals surface area contributed by atoms with Gasteiger partial charge in [-0.25, -0.2) is 0 Å². The third kappa shape index (κ3) is 28.9. The molecule has 9 heteroatoms. The summed E-state index contributed by atoms with van der Waals surface area (Å²) in [4.78, 5) is 51.1. The van der Waals surface area contributed by atoms with Gasteiger partial charge in [-0.3, -0.25) is 19.2 Å². The highest BCUT2D eigenvalue weighted by Crippen LogP contribution is 2.19. The van der Waals surface area contributed by atoms with E-state index >= 15 is 0 Å². The summed E-state index contributed by atoms with van der Waals surface area (Å²) in [7, 11) is 1.67. The Morgan fingerprint density at radius 2 is 0.914 bits per heavy atom. The summed E-state index contributed by atoms with van der Waals surface area (Å²) in [5, 5.41) is 6.01. The van der Waals surface area contributed by atoms with E-state index in [-0.39, 0.29) is 18.0 Å². The number of nitrogens with zero attached hydrogens (tertiary/aromatic N) is 1. The van der Waals surface area contributed by atoms with Crippen LogP contribution in [0.25, 0.3) is 0 Å². The van der Waals surface area contributed by atoms with Crippen LogP contribution in [0.3, 0.4) is 0 Å². The molecule has 1 aromatic rings. The van der Waals surface area contributed by atoms with Gasteiger partial charge in [-0.15, -0.1) is 0 Å². The van der Waals surface area contributed by atoms with E-state index in [0.717, 1.165) is 103 Å². The van der Waals surface area contributed by atoms with E-state index in [9.17, 15) is 19.2 Å². The first kappa shape index (κ1) is 53.6. The van der Waals surface area contributed by atoms with Crippen molar-refractivity contribution in [2.24, 2.45) is 0 Å². The highest BCUT2D eigenvalue weighted by molar-refractivity contribution is 5.73. The molecule has 0 aliphatic heterocycles. The fourth-order valence-electron chi connectivity index (χ4n) is 7.87. The molecule has 0 aliphatic carbocycles. The first-order chi connectivity index (χ1) is 28.4. The summed E-state index contributed by atoms with van der Waals surface area (Å²) >= 11 is 0. The second kappa shape index (κ2) is 38.8. The van der Waals surface area contributed by atoms with Gasteiger partial charge in [0.1, 0.15) is 17.5 Å². The van der Waals surface area contributed by atoms with Crippen molar-refractivity contribution < 1.29 is 19.1 Å². The van der Waals surface area contributed by atoms with Gasteiger partial charge in [-0.2, -0.15) is 0 Å². The van der Waals surface area contributed by atoms with Crippen molar-refractivity contribution >= 4 is 23.3 Å². The zero-order valence-corrected chi connectivity index (χ0v) is 38.3. The van der Waals surface area contributed by atoms with E-state index in [1.54, 1.807) is 7.05 Å². The number of ether oxygens (including phenoxy) is 2. The van der Waals surface area contributed by atoms with E-state index in [1.807, 2.05) is 0 Å². The average molecular weight is 818 g/mol. The summed E-state index contributed by atoms with van der Waals surface area (Å²) in [5.41, 5.74) is -0.0720. The molecule has 0 bridgehead atoms. The van der Waals surface area contributed by atoms with Crippen molar-refractivity contribution in [1.82, 2.24) is 4.90 Å². The highest BCUT2D eigenvalue weighted by atomic mass is 16.5. The predicted molar refractivity (Wildman–Crippen MR) is 246 cm³/mol. The Kier molecular flexibility index (Phi) is 35.8. The summed E-state index contributed by atoms with van der Waals surface area (Å²) in [6, 6.07) is 0. The van der Waals surface area contributed by atoms with E-state index in [4.69, 9.17) is 9.47 Å². The van der Waals surface area contributed by atoms with Gasteiger partial charge < -0.3 is 25.0 Å². The molecule has 0 aromatic heterocycles. The summed E-state index contributed by atoms with van der Waals surface area (Å²) in [6.07, 6.45) is 37.5. The number of nitrogens with one attached hydrogen (secondary N) is 2. The molecule has 0 fully saturated rings. The van der Waals surface area contributed by atoms with Gasteiger partial charge in [-0.1, -0.05) is 156 Å². The van der Waals surface area contributed by atoms with Crippen LogP contribution in [-0.4, -0.2) is 62.8 Å². The summed E-state index contributed by atoms with van der Waals surface area (Å²) in [6.45, 7) is 10.8. The Morgan fingerprint density at radius 3 is 1.47 bits per heavy atom. The van der Waals surface area contributed by atoms with Gasteiger partial charge in [0.15, 0.2) is 0 Å². The predicted octanol–water partition coefficient (Wildman–Crippen LogP) is 12.4. The van der Waals surface area contributed by atoms with Crippen molar-refractivity contribution in [3.8, 4) is 0 Å². The molecule has 338 valence electrons. The molecular weight excluding hydrogens is 727 g/mol. The Morgan fingerprint density at radius 1 is 0.500 bits per heavy atom. The first-order valence-corrected chi connectivity index (χ1v) is 24.7. The standard InChI is InChI=1S/C49H91N3O6/c1-5-8-11-13-18-22-27-34-43(35-28-23-19-14-12-9-6-2)58-45(54)37-29-31-40-52(41-33-38-51-47-46(50-4)48(55)49(47)56)39-30-24-20-16-15-17-21-25-32-42-57-44(53)36-26-10-7-3/h43,50-51H,5-42H2,1-4H3. The number of carbonyl (C=O) groups excluding carboxylic acids is 2. The van der Waals surface area contributed by atoms with E-state index < -0.39 is 10.9 Å². The second-order valence-electron chi connectivity index (χ2n) is 17.0. The van der Waals surface area contributed by atoms with Crippen LogP contribution in [0.15, 0.2) is 9.59 Å². The number of unbranched alkanes of at least 4 members (excludes halogenated alkanes) is 23. The summed E-state index contributed by atoms with van der Waals surface area (Å²) in [5.74, 6) is -0.0694. The number of hydrogen-bond acceptors (Lipinski definition) is 9. The lowest BCUT2D eigenvalue weighted by molar-refractivity contribution is -0.150. The lowest BCUT2D eigenvalue weighted by atomic mass is 10.0. The van der Waals surface area contributed by atoms with Crippen LogP contribution in [0.4, 0.5) is 11.4 Å². The van der Waals surface area contributed by atoms with Gasteiger partial charge >= 0.3 is 11.9 Å². The maximum Gasteiger partial charge on any atom is 0.306 e. The third-order valence-electron chi connectivity index (χ3n) is 11.6. The van der Waals surface area contributed by atoms with Crippen LogP contribution >= 0.6 is 0 Å². The SMILES string of the molecule is CCCCCCCCCC(CCCCCCCCC)OC(=O)CCCCN(CCCCCCCCCCCOC(=O)CCCCC)CCCNc1c(NC)c(=O)c1=O. The molecule has 0 radical (unpaired) electrons. The van der Waals surface area contributed by atoms with E-state index in [2.05, 4.69) is 36.3 Å². The maximum absolute atomic E-state index is 13.0. The van der Waals surface area contributed by atoms with Crippen LogP contribution in [0.5, 0.6) is 0 Å². The van der Waals surface area contributed by atoms with Crippen molar-refractivity contribution in [3.63, 3.8) is 0 Å². The quantitative estimate of drug-likeness (QED) is 0.0377. The zero-order valence-electron chi connectivity index (χ0n) is 38.3. The minimum absolute atomic E-state index is 0.0267. The molecule has 58 heavy (non-hydrogen) atoms. The van der Waals surface area contributed by atoms with E-state index in [0.29, 0.717) is 37.4 Å². The van der Waals surface area contributed by atoms with Crippen molar-refractivity contribution in [1.29, 1.82) is 0 Å². The van der Waals surface area contributed by atoms with Crippen LogP contribution in [0.2, 0.25) is 0 Å². The molecule has 0 spiro atoms. The number of anilines is 2. The maximum atomic E-state index is 13.0. The molecule has 0 amide bonds. The topological polar surface area (TPSA) is 114 Å². The van der Waals surface area contributed by atoms with Crippen LogP contribution in [0.1, 0.15) is 233 Å². The minimum atomic E-state index is -0.442.